The average molecular weight is 446 g/mol. The van der Waals surface area contributed by atoms with Crippen LogP contribution in [0.5, 0.6) is 5.75 Å². The second-order valence-electron chi connectivity index (χ2n) is 9.10. The Morgan fingerprint density at radius 3 is 2.00 bits per heavy atom. The van der Waals surface area contributed by atoms with Gasteiger partial charge in [0.05, 0.1) is 0 Å². The minimum Gasteiger partial charge on any atom is -0.481 e. The van der Waals surface area contributed by atoms with E-state index in [1.54, 1.807) is 0 Å². The largest absolute Gasteiger partial charge is 0.481 e. The first-order valence-electron chi connectivity index (χ1n) is 11.3. The number of carbonyl (C=O) groups is 1. The molecule has 0 bridgehead atoms. The van der Waals surface area contributed by atoms with Crippen LogP contribution in [0.1, 0.15) is 43.7 Å². The Labute approximate surface area is 191 Å². The third-order valence-electron chi connectivity index (χ3n) is 6.53. The number of carbonyl (C=O) groups excluding carboxylic acids is 1. The predicted octanol–water partition coefficient (Wildman–Crippen LogP) is 7.60. The normalized spacial score (nSPS) is 15.3. The van der Waals surface area contributed by atoms with Crippen molar-refractivity contribution < 1.29 is 14.3 Å². The van der Waals surface area contributed by atoms with E-state index in [2.05, 4.69) is 74.5 Å². The topological polar surface area (TPSA) is 35.5 Å². The zero-order valence-corrected chi connectivity index (χ0v) is 19.8. The number of rotatable bonds is 5. The molecular formula is C28H29O3S+. The SMILES string of the molecule is Cc1cc(-[s+]2c3ccccc3c3ccccc32)cc(C)c1OCC(=O)OC1(C)CCCC1. The predicted molar refractivity (Wildman–Crippen MR) is 133 cm³/mol. The van der Waals surface area contributed by atoms with Crippen molar-refractivity contribution in [2.45, 2.75) is 52.1 Å². The van der Waals surface area contributed by atoms with Gasteiger partial charge in [0.2, 0.25) is 0 Å². The second-order valence-corrected chi connectivity index (χ2v) is 11.1. The van der Waals surface area contributed by atoms with Crippen molar-refractivity contribution in [1.29, 1.82) is 0 Å². The molecule has 0 saturated heterocycles. The van der Waals surface area contributed by atoms with Crippen LogP contribution in [0.2, 0.25) is 0 Å². The maximum absolute atomic E-state index is 12.4. The molecule has 0 atom stereocenters. The van der Waals surface area contributed by atoms with Crippen molar-refractivity contribution in [3.05, 3.63) is 71.8 Å². The first-order chi connectivity index (χ1) is 15.5. The van der Waals surface area contributed by atoms with Crippen LogP contribution in [0, 0.1) is 13.8 Å². The lowest BCUT2D eigenvalue weighted by atomic mass is 10.1. The summed E-state index contributed by atoms with van der Waals surface area (Å²) in [4.78, 5) is 13.7. The van der Waals surface area contributed by atoms with Gasteiger partial charge in [-0.05, 0) is 81.8 Å². The Morgan fingerprint density at radius 2 is 1.44 bits per heavy atom. The summed E-state index contributed by atoms with van der Waals surface area (Å²) in [5, 5.41) is 2.65. The molecule has 0 unspecified atom stereocenters. The quantitative estimate of drug-likeness (QED) is 0.234. The lowest BCUT2D eigenvalue weighted by molar-refractivity contribution is -0.159. The van der Waals surface area contributed by atoms with E-state index in [4.69, 9.17) is 9.47 Å². The van der Waals surface area contributed by atoms with Gasteiger partial charge in [-0.1, -0.05) is 24.3 Å². The number of esters is 1. The summed E-state index contributed by atoms with van der Waals surface area (Å²) in [6.45, 7) is 6.11. The van der Waals surface area contributed by atoms with Crippen LogP contribution in [-0.2, 0) is 9.53 Å². The van der Waals surface area contributed by atoms with Gasteiger partial charge < -0.3 is 9.47 Å². The van der Waals surface area contributed by atoms with E-state index >= 15 is 0 Å². The van der Waals surface area contributed by atoms with Gasteiger partial charge in [0, 0.05) is 33.4 Å². The Hall–Kier alpha value is -2.85. The van der Waals surface area contributed by atoms with E-state index in [1.807, 2.05) is 6.92 Å². The molecule has 1 heterocycles. The summed E-state index contributed by atoms with van der Waals surface area (Å²) < 4.78 is 14.4. The van der Waals surface area contributed by atoms with Crippen LogP contribution in [-0.4, -0.2) is 18.2 Å². The molecule has 0 amide bonds. The Morgan fingerprint density at radius 1 is 0.906 bits per heavy atom. The Balaban J connectivity index is 1.45. The number of aryl methyl sites for hydroxylation is 2. The standard InChI is InChI=1S/C28H29O3S/c1-19-16-21(32-24-12-6-4-10-22(24)23-11-5-7-13-25(23)32)17-20(2)27(19)30-18-26(29)31-28(3)14-8-9-15-28/h4-7,10-13,16-17H,8-9,14-15,18H2,1-3H3/q+1. The third kappa shape index (κ3) is 3.77. The maximum atomic E-state index is 12.4. The number of fused-ring (bicyclic) bond motifs is 3. The van der Waals surface area contributed by atoms with Gasteiger partial charge in [0.25, 0.3) is 0 Å². The van der Waals surface area contributed by atoms with E-state index in [0.717, 1.165) is 42.6 Å². The zero-order chi connectivity index (χ0) is 22.3. The van der Waals surface area contributed by atoms with Crippen LogP contribution in [0.3, 0.4) is 0 Å². The lowest BCUT2D eigenvalue weighted by Crippen LogP contribution is -2.30. The van der Waals surface area contributed by atoms with Crippen LogP contribution < -0.4 is 4.74 Å². The van der Waals surface area contributed by atoms with E-state index < -0.39 is 0 Å². The number of thiophene rings is 1. The average Bonchev–Trinajstić information content (AvgIpc) is 3.34. The molecule has 4 aromatic rings. The van der Waals surface area contributed by atoms with Crippen LogP contribution in [0.4, 0.5) is 0 Å². The minimum atomic E-state index is -0.321. The highest BCUT2D eigenvalue weighted by molar-refractivity contribution is 7.50. The van der Waals surface area contributed by atoms with Gasteiger partial charge in [-0.3, -0.25) is 0 Å². The van der Waals surface area contributed by atoms with Gasteiger partial charge in [-0.25, -0.2) is 4.79 Å². The molecule has 0 radical (unpaired) electrons. The molecule has 32 heavy (non-hydrogen) atoms. The molecule has 5 rings (SSSR count). The molecule has 1 aliphatic rings. The van der Waals surface area contributed by atoms with Crippen molar-refractivity contribution in [2.75, 3.05) is 6.61 Å². The highest BCUT2D eigenvalue weighted by Gasteiger charge is 2.32. The van der Waals surface area contributed by atoms with Crippen molar-refractivity contribution in [3.8, 4) is 10.6 Å². The fraction of sp³-hybridized carbons (Fsp3) is 0.321. The number of hydrogen-bond donors (Lipinski definition) is 0. The maximum Gasteiger partial charge on any atom is 0.344 e. The minimum absolute atomic E-state index is 0.0476. The van der Waals surface area contributed by atoms with E-state index in [1.165, 1.54) is 25.1 Å². The summed E-state index contributed by atoms with van der Waals surface area (Å²) >= 11 is 0. The summed E-state index contributed by atoms with van der Waals surface area (Å²) in [7, 11) is -0.138. The molecule has 1 saturated carbocycles. The lowest BCUT2D eigenvalue weighted by Gasteiger charge is -2.24. The number of benzene rings is 3. The summed E-state index contributed by atoms with van der Waals surface area (Å²) in [5.74, 6) is 0.504. The summed E-state index contributed by atoms with van der Waals surface area (Å²) in [5.41, 5.74) is 1.78. The smallest absolute Gasteiger partial charge is 0.344 e. The number of ether oxygens (including phenoxy) is 2. The molecule has 0 aliphatic heterocycles. The summed E-state index contributed by atoms with van der Waals surface area (Å²) in [6, 6.07) is 21.8. The van der Waals surface area contributed by atoms with Crippen LogP contribution in [0.15, 0.2) is 60.7 Å². The second kappa shape index (κ2) is 8.25. The molecule has 164 valence electrons. The molecule has 0 N–H and O–H groups in total. The molecule has 4 heteroatoms. The molecule has 1 aliphatic carbocycles. The van der Waals surface area contributed by atoms with Gasteiger partial charge in [-0.2, -0.15) is 0 Å². The molecule has 1 fully saturated rings. The Bertz CT molecular complexity index is 1230. The molecule has 3 aromatic carbocycles. The van der Waals surface area contributed by atoms with Gasteiger partial charge in [-0.15, -0.1) is 0 Å². The van der Waals surface area contributed by atoms with E-state index in [0.29, 0.717) is 0 Å². The zero-order valence-electron chi connectivity index (χ0n) is 18.9. The molecular weight excluding hydrogens is 416 g/mol. The first-order valence-corrected chi connectivity index (χ1v) is 12.6. The van der Waals surface area contributed by atoms with Crippen molar-refractivity contribution in [1.82, 2.24) is 0 Å². The highest BCUT2D eigenvalue weighted by atomic mass is 32.2. The summed E-state index contributed by atoms with van der Waals surface area (Å²) in [6.07, 6.45) is 4.13. The highest BCUT2D eigenvalue weighted by Crippen LogP contribution is 2.49. The monoisotopic (exact) mass is 445 g/mol. The van der Waals surface area contributed by atoms with Gasteiger partial charge >= 0.3 is 5.97 Å². The fourth-order valence-corrected chi connectivity index (χ4v) is 7.58. The molecule has 3 nitrogen and oxygen atoms in total. The Kier molecular flexibility index (Phi) is 5.42. The number of hydrogen-bond acceptors (Lipinski definition) is 3. The third-order valence-corrected chi connectivity index (χ3v) is 8.83. The first kappa shape index (κ1) is 21.0. The van der Waals surface area contributed by atoms with Gasteiger partial charge in [0.1, 0.15) is 11.4 Å². The fourth-order valence-electron chi connectivity index (χ4n) is 5.02. The van der Waals surface area contributed by atoms with Crippen LogP contribution >= 0.6 is 10.5 Å². The van der Waals surface area contributed by atoms with E-state index in [-0.39, 0.29) is 28.6 Å². The van der Waals surface area contributed by atoms with Crippen molar-refractivity contribution >= 4 is 36.6 Å². The van der Waals surface area contributed by atoms with Gasteiger partial charge in [0.15, 0.2) is 20.9 Å². The molecule has 1 aromatic heterocycles. The van der Waals surface area contributed by atoms with Crippen molar-refractivity contribution in [3.63, 3.8) is 0 Å². The van der Waals surface area contributed by atoms with Crippen LogP contribution in [0.25, 0.3) is 25.1 Å². The van der Waals surface area contributed by atoms with E-state index in [9.17, 15) is 4.79 Å². The molecule has 0 spiro atoms. The van der Waals surface area contributed by atoms with Crippen molar-refractivity contribution in [2.24, 2.45) is 0 Å².